The Kier molecular flexibility index (Phi) is 2.26. The average molecular weight is 242 g/mol. The monoisotopic (exact) mass is 242 g/mol. The lowest BCUT2D eigenvalue weighted by Crippen LogP contribution is -2.01. The summed E-state index contributed by atoms with van der Waals surface area (Å²) in [6.45, 7) is 1.72. The molecule has 2 N–H and O–H groups in total. The first-order valence-corrected chi connectivity index (χ1v) is 5.52. The zero-order chi connectivity index (χ0) is 12.7. The fourth-order valence-electron chi connectivity index (χ4n) is 1.89. The van der Waals surface area contributed by atoms with Crippen molar-refractivity contribution in [3.05, 3.63) is 47.9 Å². The summed E-state index contributed by atoms with van der Waals surface area (Å²) >= 11 is 0. The van der Waals surface area contributed by atoms with E-state index in [1.807, 2.05) is 0 Å². The Balaban J connectivity index is 2.21. The Morgan fingerprint density at radius 3 is 2.83 bits per heavy atom. The van der Waals surface area contributed by atoms with Crippen molar-refractivity contribution in [3.63, 3.8) is 0 Å². The highest BCUT2D eigenvalue weighted by atomic mass is 19.1. The minimum absolute atomic E-state index is 0.225. The van der Waals surface area contributed by atoms with Gasteiger partial charge >= 0.3 is 0 Å². The van der Waals surface area contributed by atoms with Crippen LogP contribution in [0.3, 0.4) is 0 Å². The van der Waals surface area contributed by atoms with Gasteiger partial charge in [0.25, 0.3) is 0 Å². The van der Waals surface area contributed by atoms with Crippen LogP contribution in [0.15, 0.2) is 36.5 Å². The Bertz CT molecular complexity index is 733. The van der Waals surface area contributed by atoms with Crippen LogP contribution in [-0.2, 0) is 0 Å². The van der Waals surface area contributed by atoms with Crippen molar-refractivity contribution in [3.8, 4) is 11.3 Å². The van der Waals surface area contributed by atoms with Gasteiger partial charge in [0.2, 0.25) is 0 Å². The van der Waals surface area contributed by atoms with Crippen molar-refractivity contribution in [2.75, 3.05) is 5.73 Å². The molecule has 2 heterocycles. The lowest BCUT2D eigenvalue weighted by atomic mass is 10.1. The number of nitrogens with two attached hydrogens (primary N) is 1. The van der Waals surface area contributed by atoms with Crippen LogP contribution in [-0.4, -0.2) is 14.6 Å². The molecule has 3 rings (SSSR count). The van der Waals surface area contributed by atoms with E-state index in [0.717, 1.165) is 5.56 Å². The third kappa shape index (κ3) is 1.60. The Morgan fingerprint density at radius 2 is 2.06 bits per heavy atom. The quantitative estimate of drug-likeness (QED) is 0.713. The van der Waals surface area contributed by atoms with E-state index in [1.54, 1.807) is 41.9 Å². The molecule has 0 spiro atoms. The molecule has 0 aliphatic rings. The van der Waals surface area contributed by atoms with Crippen LogP contribution in [0.4, 0.5) is 10.2 Å². The van der Waals surface area contributed by atoms with E-state index in [0.29, 0.717) is 22.7 Å². The van der Waals surface area contributed by atoms with Gasteiger partial charge in [0.1, 0.15) is 11.6 Å². The Hall–Kier alpha value is -2.43. The van der Waals surface area contributed by atoms with Crippen LogP contribution in [0.5, 0.6) is 0 Å². The number of benzene rings is 1. The molecule has 3 aromatic rings. The van der Waals surface area contributed by atoms with E-state index >= 15 is 0 Å². The minimum Gasteiger partial charge on any atom is -0.384 e. The van der Waals surface area contributed by atoms with E-state index in [2.05, 4.69) is 10.1 Å². The van der Waals surface area contributed by atoms with Gasteiger partial charge in [-0.2, -0.15) is 9.61 Å². The second-order valence-electron chi connectivity index (χ2n) is 4.13. The number of nitrogens with zero attached hydrogens (tertiary/aromatic N) is 3. The topological polar surface area (TPSA) is 56.2 Å². The first-order chi connectivity index (χ1) is 8.65. The standard InChI is InChI=1S/C13H11FN4/c1-8-6-9(2-3-10(8)14)11-7-12(15)18-13(17-11)4-5-16-18/h2-7H,15H2,1H3. The third-order valence-electron chi connectivity index (χ3n) is 2.84. The van der Waals surface area contributed by atoms with Gasteiger partial charge in [0.15, 0.2) is 5.65 Å². The highest BCUT2D eigenvalue weighted by Gasteiger charge is 2.07. The van der Waals surface area contributed by atoms with Gasteiger partial charge in [-0.1, -0.05) is 0 Å². The summed E-state index contributed by atoms with van der Waals surface area (Å²) in [6, 6.07) is 8.38. The molecule has 0 aliphatic carbocycles. The number of anilines is 1. The van der Waals surface area contributed by atoms with Gasteiger partial charge in [-0.3, -0.25) is 0 Å². The second-order valence-corrected chi connectivity index (χ2v) is 4.13. The molecule has 0 atom stereocenters. The molecule has 18 heavy (non-hydrogen) atoms. The predicted molar refractivity (Wildman–Crippen MR) is 67.5 cm³/mol. The lowest BCUT2D eigenvalue weighted by molar-refractivity contribution is 0.619. The summed E-state index contributed by atoms with van der Waals surface area (Å²) < 4.78 is 14.8. The van der Waals surface area contributed by atoms with Crippen molar-refractivity contribution in [1.82, 2.24) is 14.6 Å². The number of halogens is 1. The summed E-state index contributed by atoms with van der Waals surface area (Å²) in [5.41, 5.74) is 8.70. The molecule has 4 nitrogen and oxygen atoms in total. The molecule has 0 amide bonds. The van der Waals surface area contributed by atoms with E-state index in [-0.39, 0.29) is 5.82 Å². The molecule has 0 saturated carbocycles. The van der Waals surface area contributed by atoms with Crippen LogP contribution >= 0.6 is 0 Å². The van der Waals surface area contributed by atoms with E-state index in [9.17, 15) is 4.39 Å². The largest absolute Gasteiger partial charge is 0.384 e. The van der Waals surface area contributed by atoms with E-state index < -0.39 is 0 Å². The summed E-state index contributed by atoms with van der Waals surface area (Å²) in [5.74, 6) is 0.277. The van der Waals surface area contributed by atoms with E-state index in [1.165, 1.54) is 6.07 Å². The number of rotatable bonds is 1. The fourth-order valence-corrected chi connectivity index (χ4v) is 1.89. The lowest BCUT2D eigenvalue weighted by Gasteiger charge is -2.06. The molecule has 0 fully saturated rings. The van der Waals surface area contributed by atoms with Crippen LogP contribution in [0.1, 0.15) is 5.56 Å². The van der Waals surface area contributed by atoms with E-state index in [4.69, 9.17) is 5.73 Å². The fraction of sp³-hybridized carbons (Fsp3) is 0.0769. The van der Waals surface area contributed by atoms with Gasteiger partial charge in [-0.25, -0.2) is 9.37 Å². The minimum atomic E-state index is -0.225. The summed E-state index contributed by atoms with van der Waals surface area (Å²) in [5, 5.41) is 4.05. The van der Waals surface area contributed by atoms with Gasteiger partial charge in [-0.15, -0.1) is 0 Å². The predicted octanol–water partition coefficient (Wildman–Crippen LogP) is 2.43. The molecule has 0 radical (unpaired) electrons. The van der Waals surface area contributed by atoms with Crippen LogP contribution in [0.2, 0.25) is 0 Å². The maximum Gasteiger partial charge on any atom is 0.157 e. The smallest absolute Gasteiger partial charge is 0.157 e. The zero-order valence-electron chi connectivity index (χ0n) is 9.76. The summed E-state index contributed by atoms with van der Waals surface area (Å²) in [7, 11) is 0. The molecule has 0 unspecified atom stereocenters. The molecule has 0 bridgehead atoms. The van der Waals surface area contributed by atoms with Crippen molar-refractivity contribution < 1.29 is 4.39 Å². The zero-order valence-corrected chi connectivity index (χ0v) is 9.76. The van der Waals surface area contributed by atoms with Gasteiger partial charge < -0.3 is 5.73 Å². The first kappa shape index (κ1) is 10.7. The molecule has 1 aromatic carbocycles. The number of aromatic nitrogens is 3. The summed E-state index contributed by atoms with van der Waals surface area (Å²) in [6.07, 6.45) is 1.64. The molecular weight excluding hydrogens is 231 g/mol. The highest BCUT2D eigenvalue weighted by molar-refractivity contribution is 5.66. The average Bonchev–Trinajstić information content (AvgIpc) is 2.81. The summed E-state index contributed by atoms with van der Waals surface area (Å²) in [4.78, 5) is 4.44. The number of fused-ring (bicyclic) bond motifs is 1. The van der Waals surface area contributed by atoms with Crippen LogP contribution in [0.25, 0.3) is 16.9 Å². The Morgan fingerprint density at radius 1 is 1.22 bits per heavy atom. The van der Waals surface area contributed by atoms with Gasteiger partial charge in [0, 0.05) is 17.7 Å². The molecule has 2 aromatic heterocycles. The van der Waals surface area contributed by atoms with Crippen molar-refractivity contribution in [2.24, 2.45) is 0 Å². The van der Waals surface area contributed by atoms with Crippen molar-refractivity contribution in [2.45, 2.75) is 6.92 Å². The number of hydrogen-bond acceptors (Lipinski definition) is 3. The molecule has 0 aliphatic heterocycles. The third-order valence-corrected chi connectivity index (χ3v) is 2.84. The second kappa shape index (κ2) is 3.80. The first-order valence-electron chi connectivity index (χ1n) is 5.52. The van der Waals surface area contributed by atoms with Crippen molar-refractivity contribution in [1.29, 1.82) is 0 Å². The molecule has 5 heteroatoms. The Labute approximate surface area is 103 Å². The molecule has 90 valence electrons. The van der Waals surface area contributed by atoms with Gasteiger partial charge in [0.05, 0.1) is 11.9 Å². The number of hydrogen-bond donors (Lipinski definition) is 1. The molecule has 0 saturated heterocycles. The maximum absolute atomic E-state index is 13.2. The van der Waals surface area contributed by atoms with Crippen LogP contribution < -0.4 is 5.73 Å². The molecular formula is C13H11FN4. The normalized spacial score (nSPS) is 11.0. The highest BCUT2D eigenvalue weighted by Crippen LogP contribution is 2.22. The van der Waals surface area contributed by atoms with Gasteiger partial charge in [-0.05, 0) is 30.7 Å². The SMILES string of the molecule is Cc1cc(-c2cc(N)n3nccc3n2)ccc1F. The van der Waals surface area contributed by atoms with Crippen LogP contribution in [0, 0.1) is 12.7 Å². The number of nitrogen functional groups attached to an aromatic ring is 1. The maximum atomic E-state index is 13.2. The number of aryl methyl sites for hydroxylation is 1. The van der Waals surface area contributed by atoms with Crippen molar-refractivity contribution >= 4 is 11.5 Å².